The summed E-state index contributed by atoms with van der Waals surface area (Å²) in [5, 5.41) is 8.18. The maximum absolute atomic E-state index is 12.1. The second-order valence-corrected chi connectivity index (χ2v) is 5.94. The van der Waals surface area contributed by atoms with Gasteiger partial charge in [0.2, 0.25) is 5.95 Å². The number of hydrogen-bond donors (Lipinski definition) is 2. The van der Waals surface area contributed by atoms with Crippen molar-refractivity contribution in [1.29, 1.82) is 0 Å². The van der Waals surface area contributed by atoms with Crippen LogP contribution in [0.3, 0.4) is 0 Å². The Bertz CT molecular complexity index is 776. The van der Waals surface area contributed by atoms with Crippen LogP contribution in [0.2, 0.25) is 0 Å². The SMILES string of the molecule is O=C(NCCCc1ccccc1)c1csc(Nc2ncccn2)n1. The first-order valence-corrected chi connectivity index (χ1v) is 8.51. The van der Waals surface area contributed by atoms with Gasteiger partial charge in [-0.15, -0.1) is 11.3 Å². The van der Waals surface area contributed by atoms with Crippen LogP contribution >= 0.6 is 11.3 Å². The second-order valence-electron chi connectivity index (χ2n) is 5.08. The summed E-state index contributed by atoms with van der Waals surface area (Å²) in [6.07, 6.45) is 5.12. The van der Waals surface area contributed by atoms with E-state index in [4.69, 9.17) is 0 Å². The lowest BCUT2D eigenvalue weighted by atomic mass is 10.1. The molecule has 122 valence electrons. The van der Waals surface area contributed by atoms with E-state index in [1.807, 2.05) is 18.2 Å². The van der Waals surface area contributed by atoms with Gasteiger partial charge >= 0.3 is 0 Å². The highest BCUT2D eigenvalue weighted by Crippen LogP contribution is 2.18. The molecule has 2 N–H and O–H groups in total. The third-order valence-corrected chi connectivity index (χ3v) is 4.05. The fourth-order valence-electron chi connectivity index (χ4n) is 2.12. The van der Waals surface area contributed by atoms with Crippen molar-refractivity contribution in [2.45, 2.75) is 12.8 Å². The lowest BCUT2D eigenvalue weighted by Crippen LogP contribution is -2.25. The molecular formula is C17H17N5OS. The number of carbonyl (C=O) groups is 1. The molecule has 1 amide bonds. The number of carbonyl (C=O) groups excluding carboxylic acids is 1. The van der Waals surface area contributed by atoms with Gasteiger partial charge in [0.1, 0.15) is 5.69 Å². The lowest BCUT2D eigenvalue weighted by molar-refractivity contribution is 0.0949. The minimum atomic E-state index is -0.165. The van der Waals surface area contributed by atoms with Gasteiger partial charge < -0.3 is 10.6 Å². The third kappa shape index (κ3) is 4.60. The Morgan fingerprint density at radius 1 is 1.08 bits per heavy atom. The number of rotatable bonds is 7. The van der Waals surface area contributed by atoms with Crippen molar-refractivity contribution in [1.82, 2.24) is 20.3 Å². The summed E-state index contributed by atoms with van der Waals surface area (Å²) < 4.78 is 0. The van der Waals surface area contributed by atoms with E-state index in [1.165, 1.54) is 16.9 Å². The molecule has 0 spiro atoms. The molecule has 0 aliphatic rings. The van der Waals surface area contributed by atoms with Gasteiger partial charge in [-0.3, -0.25) is 4.79 Å². The summed E-state index contributed by atoms with van der Waals surface area (Å²) >= 11 is 1.35. The molecule has 0 atom stereocenters. The van der Waals surface area contributed by atoms with Crippen LogP contribution < -0.4 is 10.6 Å². The Morgan fingerprint density at radius 3 is 2.67 bits per heavy atom. The minimum Gasteiger partial charge on any atom is -0.351 e. The zero-order valence-corrected chi connectivity index (χ0v) is 13.8. The fraction of sp³-hybridized carbons (Fsp3) is 0.176. The van der Waals surface area contributed by atoms with E-state index in [-0.39, 0.29) is 5.91 Å². The van der Waals surface area contributed by atoms with E-state index in [0.29, 0.717) is 23.3 Å². The fourth-order valence-corrected chi connectivity index (χ4v) is 2.81. The monoisotopic (exact) mass is 339 g/mol. The van der Waals surface area contributed by atoms with Crippen LogP contribution in [0.4, 0.5) is 11.1 Å². The van der Waals surface area contributed by atoms with E-state index in [2.05, 4.69) is 37.7 Å². The topological polar surface area (TPSA) is 79.8 Å². The average molecular weight is 339 g/mol. The Morgan fingerprint density at radius 2 is 1.88 bits per heavy atom. The highest BCUT2D eigenvalue weighted by molar-refractivity contribution is 7.14. The van der Waals surface area contributed by atoms with Crippen molar-refractivity contribution in [2.24, 2.45) is 0 Å². The van der Waals surface area contributed by atoms with Crippen molar-refractivity contribution >= 4 is 28.3 Å². The van der Waals surface area contributed by atoms with E-state index >= 15 is 0 Å². The van der Waals surface area contributed by atoms with Crippen LogP contribution in [0.15, 0.2) is 54.2 Å². The molecule has 0 radical (unpaired) electrons. The van der Waals surface area contributed by atoms with Crippen LogP contribution in [-0.2, 0) is 6.42 Å². The van der Waals surface area contributed by atoms with Gasteiger partial charge in [-0.05, 0) is 24.5 Å². The zero-order chi connectivity index (χ0) is 16.6. The van der Waals surface area contributed by atoms with Crippen molar-refractivity contribution in [2.75, 3.05) is 11.9 Å². The van der Waals surface area contributed by atoms with Crippen LogP contribution in [0.1, 0.15) is 22.5 Å². The smallest absolute Gasteiger partial charge is 0.270 e. The number of benzene rings is 1. The molecule has 0 fully saturated rings. The zero-order valence-electron chi connectivity index (χ0n) is 13.0. The van der Waals surface area contributed by atoms with Crippen molar-refractivity contribution in [3.05, 3.63) is 65.4 Å². The largest absolute Gasteiger partial charge is 0.351 e. The molecule has 0 saturated carbocycles. The molecular weight excluding hydrogens is 322 g/mol. The molecule has 3 aromatic rings. The maximum atomic E-state index is 12.1. The van der Waals surface area contributed by atoms with Crippen molar-refractivity contribution in [3.63, 3.8) is 0 Å². The Balaban J connectivity index is 1.45. The van der Waals surface area contributed by atoms with Gasteiger partial charge in [0.05, 0.1) is 0 Å². The maximum Gasteiger partial charge on any atom is 0.270 e. The molecule has 6 nitrogen and oxygen atoms in total. The predicted molar refractivity (Wildman–Crippen MR) is 94.5 cm³/mol. The molecule has 0 bridgehead atoms. The Labute approximate surface area is 144 Å². The van der Waals surface area contributed by atoms with Gasteiger partial charge in [0.25, 0.3) is 5.91 Å². The average Bonchev–Trinajstić information content (AvgIpc) is 3.09. The molecule has 7 heteroatoms. The molecule has 0 unspecified atom stereocenters. The van der Waals surface area contributed by atoms with Crippen LogP contribution in [0, 0.1) is 0 Å². The molecule has 3 rings (SSSR count). The quantitative estimate of drug-likeness (QED) is 0.647. The number of nitrogens with one attached hydrogen (secondary N) is 2. The number of aryl methyl sites for hydroxylation is 1. The molecule has 0 saturated heterocycles. The van der Waals surface area contributed by atoms with E-state index in [1.54, 1.807) is 23.8 Å². The number of hydrogen-bond acceptors (Lipinski definition) is 6. The number of nitrogens with zero attached hydrogens (tertiary/aromatic N) is 3. The van der Waals surface area contributed by atoms with Gasteiger partial charge in [-0.2, -0.15) is 0 Å². The van der Waals surface area contributed by atoms with Crippen LogP contribution in [0.5, 0.6) is 0 Å². The number of amides is 1. The third-order valence-electron chi connectivity index (χ3n) is 3.29. The van der Waals surface area contributed by atoms with Gasteiger partial charge in [-0.25, -0.2) is 15.0 Å². The van der Waals surface area contributed by atoms with E-state index in [0.717, 1.165) is 12.8 Å². The van der Waals surface area contributed by atoms with E-state index in [9.17, 15) is 4.79 Å². The van der Waals surface area contributed by atoms with Gasteiger partial charge in [0, 0.05) is 24.3 Å². The summed E-state index contributed by atoms with van der Waals surface area (Å²) in [7, 11) is 0. The number of anilines is 2. The van der Waals surface area contributed by atoms with Gasteiger partial charge in [-0.1, -0.05) is 30.3 Å². The standard InChI is InChI=1S/C17H17N5OS/c23-15(18-9-4-8-13-6-2-1-3-7-13)14-12-24-17(21-14)22-16-19-10-5-11-20-16/h1-3,5-7,10-12H,4,8-9H2,(H,18,23)(H,19,20,21,22). The van der Waals surface area contributed by atoms with Gasteiger partial charge in [0.15, 0.2) is 5.13 Å². The summed E-state index contributed by atoms with van der Waals surface area (Å²) in [5.41, 5.74) is 1.67. The van der Waals surface area contributed by atoms with Crippen LogP contribution in [-0.4, -0.2) is 27.4 Å². The second kappa shape index (κ2) is 8.16. The molecule has 2 heterocycles. The number of thiazole rings is 1. The van der Waals surface area contributed by atoms with Crippen LogP contribution in [0.25, 0.3) is 0 Å². The first kappa shape index (κ1) is 16.1. The molecule has 2 aromatic heterocycles. The van der Waals surface area contributed by atoms with E-state index < -0.39 is 0 Å². The first-order valence-electron chi connectivity index (χ1n) is 7.63. The summed E-state index contributed by atoms with van der Waals surface area (Å²) in [4.78, 5) is 24.5. The highest BCUT2D eigenvalue weighted by atomic mass is 32.1. The number of aromatic nitrogens is 3. The minimum absolute atomic E-state index is 0.165. The molecule has 0 aliphatic heterocycles. The predicted octanol–water partition coefficient (Wildman–Crippen LogP) is 3.04. The Kier molecular flexibility index (Phi) is 5.47. The Hall–Kier alpha value is -2.80. The normalized spacial score (nSPS) is 10.3. The summed E-state index contributed by atoms with van der Waals surface area (Å²) in [6, 6.07) is 12.0. The highest BCUT2D eigenvalue weighted by Gasteiger charge is 2.10. The lowest BCUT2D eigenvalue weighted by Gasteiger charge is -2.03. The van der Waals surface area contributed by atoms with Crippen molar-refractivity contribution < 1.29 is 4.79 Å². The summed E-state index contributed by atoms with van der Waals surface area (Å²) in [5.74, 6) is 0.294. The molecule has 24 heavy (non-hydrogen) atoms. The van der Waals surface area contributed by atoms with Crippen molar-refractivity contribution in [3.8, 4) is 0 Å². The summed E-state index contributed by atoms with van der Waals surface area (Å²) in [6.45, 7) is 0.621. The molecule has 1 aromatic carbocycles. The molecule has 0 aliphatic carbocycles. The first-order chi connectivity index (χ1) is 11.8.